The summed E-state index contributed by atoms with van der Waals surface area (Å²) in [6.07, 6.45) is 0. The number of rotatable bonds is 4. The second-order valence-electron chi connectivity index (χ2n) is 12.0. The summed E-state index contributed by atoms with van der Waals surface area (Å²) in [6.45, 7) is 0. The van der Waals surface area contributed by atoms with E-state index in [4.69, 9.17) is 0 Å². The zero-order valence-corrected chi connectivity index (χ0v) is 25.8. The van der Waals surface area contributed by atoms with Gasteiger partial charge in [0.2, 0.25) is 0 Å². The van der Waals surface area contributed by atoms with Crippen LogP contribution in [0.4, 0.5) is 0 Å². The van der Waals surface area contributed by atoms with E-state index in [1.165, 1.54) is 10.8 Å². The van der Waals surface area contributed by atoms with Gasteiger partial charge >= 0.3 is 0 Å². The van der Waals surface area contributed by atoms with Crippen molar-refractivity contribution >= 4 is 43.6 Å². The summed E-state index contributed by atoms with van der Waals surface area (Å²) in [4.78, 5) is 0. The third-order valence-corrected chi connectivity index (χ3v) is 9.42. The van der Waals surface area contributed by atoms with Crippen LogP contribution < -0.4 is 0 Å². The van der Waals surface area contributed by atoms with E-state index in [1.807, 2.05) is 54.6 Å². The Morgan fingerprint density at radius 3 is 1.62 bits per heavy atom. The molecule has 0 fully saturated rings. The van der Waals surface area contributed by atoms with Crippen LogP contribution >= 0.6 is 0 Å². The average molecular weight is 611 g/mol. The number of fused-ring (bicyclic) bond motifs is 6. The lowest BCUT2D eigenvalue weighted by atomic mass is 9.90. The van der Waals surface area contributed by atoms with Gasteiger partial charge in [0.05, 0.1) is 51.0 Å². The Kier molecular flexibility index (Phi) is 6.22. The fourth-order valence-corrected chi connectivity index (χ4v) is 7.34. The number of benzene rings is 7. The highest BCUT2D eigenvalue weighted by Gasteiger charge is 2.20. The molecule has 2 aromatic heterocycles. The van der Waals surface area contributed by atoms with Crippen LogP contribution in [0.15, 0.2) is 158 Å². The topological polar surface area (TPSA) is 57.4 Å². The van der Waals surface area contributed by atoms with Gasteiger partial charge < -0.3 is 9.13 Å². The molecule has 4 nitrogen and oxygen atoms in total. The normalized spacial score (nSPS) is 11.3. The van der Waals surface area contributed by atoms with Crippen LogP contribution in [0.25, 0.3) is 77.2 Å². The van der Waals surface area contributed by atoms with E-state index < -0.39 is 0 Å². The molecule has 2 heterocycles. The van der Waals surface area contributed by atoms with E-state index in [-0.39, 0.29) is 0 Å². The Morgan fingerprint density at radius 2 is 0.938 bits per heavy atom. The largest absolute Gasteiger partial charge is 0.309 e. The molecule has 0 bridgehead atoms. The summed E-state index contributed by atoms with van der Waals surface area (Å²) in [6, 6.07) is 59.0. The van der Waals surface area contributed by atoms with E-state index in [1.54, 1.807) is 0 Å². The number of nitriles is 2. The van der Waals surface area contributed by atoms with Crippen molar-refractivity contribution in [1.29, 1.82) is 10.5 Å². The maximum atomic E-state index is 10.3. The van der Waals surface area contributed by atoms with Gasteiger partial charge in [-0.25, -0.2) is 0 Å². The van der Waals surface area contributed by atoms with Crippen molar-refractivity contribution in [3.63, 3.8) is 0 Å². The van der Waals surface area contributed by atoms with E-state index in [9.17, 15) is 10.5 Å². The van der Waals surface area contributed by atoms with Crippen LogP contribution in [-0.2, 0) is 0 Å². The fourth-order valence-electron chi connectivity index (χ4n) is 7.34. The maximum Gasteiger partial charge on any atom is 0.0998 e. The van der Waals surface area contributed by atoms with Crippen molar-refractivity contribution in [3.05, 3.63) is 169 Å². The number of para-hydroxylation sites is 4. The molecule has 0 aliphatic heterocycles. The Morgan fingerprint density at radius 1 is 0.375 bits per heavy atom. The molecule has 0 aliphatic carbocycles. The van der Waals surface area contributed by atoms with E-state index >= 15 is 0 Å². The average Bonchev–Trinajstić information content (AvgIpc) is 3.67. The zero-order valence-electron chi connectivity index (χ0n) is 25.8. The molecule has 0 atom stereocenters. The number of hydrogen-bond acceptors (Lipinski definition) is 2. The molecule has 0 spiro atoms. The molecule has 9 rings (SSSR count). The quantitative estimate of drug-likeness (QED) is 0.199. The Balaban J connectivity index is 1.36. The van der Waals surface area contributed by atoms with Gasteiger partial charge in [-0.3, -0.25) is 0 Å². The summed E-state index contributed by atoms with van der Waals surface area (Å²) in [7, 11) is 0. The van der Waals surface area contributed by atoms with Crippen molar-refractivity contribution in [2.75, 3.05) is 0 Å². The summed E-state index contributed by atoms with van der Waals surface area (Å²) in [5.74, 6) is 0. The molecule has 0 radical (unpaired) electrons. The maximum absolute atomic E-state index is 10.3. The van der Waals surface area contributed by atoms with Crippen LogP contribution in [0.2, 0.25) is 0 Å². The second-order valence-corrected chi connectivity index (χ2v) is 12.0. The Hall–Kier alpha value is -6.88. The lowest BCUT2D eigenvalue weighted by molar-refractivity contribution is 1.17. The van der Waals surface area contributed by atoms with Crippen molar-refractivity contribution in [1.82, 2.24) is 9.13 Å². The second kappa shape index (κ2) is 10.9. The predicted octanol–water partition coefficient (Wildman–Crippen LogP) is 11.0. The molecule has 0 unspecified atom stereocenters. The minimum absolute atomic E-state index is 0.617. The molecule has 222 valence electrons. The SMILES string of the molecule is N#Cc1ccc2c(c1)c1ccccc1n2-c1ccc(-c2ccccc2-n2c3ccccc3c3ccccc32)c(-c2ccccc2C#N)c1. The first-order valence-corrected chi connectivity index (χ1v) is 15.9. The van der Waals surface area contributed by atoms with E-state index in [2.05, 4.69) is 124 Å². The van der Waals surface area contributed by atoms with Crippen LogP contribution in [0, 0.1) is 22.7 Å². The van der Waals surface area contributed by atoms with Gasteiger partial charge in [0.25, 0.3) is 0 Å². The molecular weight excluding hydrogens is 585 g/mol. The highest BCUT2D eigenvalue weighted by Crippen LogP contribution is 2.42. The summed E-state index contributed by atoms with van der Waals surface area (Å²) in [5, 5.41) is 24.5. The van der Waals surface area contributed by atoms with E-state index in [0.717, 1.165) is 66.5 Å². The van der Waals surface area contributed by atoms with Gasteiger partial charge in [-0.15, -0.1) is 0 Å². The standard InChI is InChI=1S/C44H26N4/c45-27-29-21-24-44-39(25-29)37-16-6-7-17-40(37)47(44)31-22-23-33(38(26-31)32-12-2-1-11-30(32)28-46)34-13-3-8-18-41(34)48-42-19-9-4-14-35(42)36-15-5-10-20-43(36)48/h1-26H. The minimum Gasteiger partial charge on any atom is -0.309 e. The molecule has 0 aliphatic rings. The van der Waals surface area contributed by atoms with Gasteiger partial charge in [0.15, 0.2) is 0 Å². The Bertz CT molecular complexity index is 2760. The summed E-state index contributed by atoms with van der Waals surface area (Å²) < 4.78 is 4.61. The molecule has 9 aromatic rings. The fraction of sp³-hybridized carbons (Fsp3) is 0. The van der Waals surface area contributed by atoms with Crippen molar-refractivity contribution < 1.29 is 0 Å². The molecule has 0 saturated heterocycles. The van der Waals surface area contributed by atoms with Gasteiger partial charge in [0, 0.05) is 38.4 Å². The highest BCUT2D eigenvalue weighted by atomic mass is 15.0. The number of nitrogens with zero attached hydrogens (tertiary/aromatic N) is 4. The van der Waals surface area contributed by atoms with Crippen molar-refractivity contribution in [2.45, 2.75) is 0 Å². The van der Waals surface area contributed by atoms with Gasteiger partial charge in [-0.1, -0.05) is 97.1 Å². The number of aromatic nitrogens is 2. The van der Waals surface area contributed by atoms with Gasteiger partial charge in [-0.05, 0) is 71.8 Å². The molecule has 7 aromatic carbocycles. The van der Waals surface area contributed by atoms with Crippen molar-refractivity contribution in [2.24, 2.45) is 0 Å². The van der Waals surface area contributed by atoms with E-state index in [0.29, 0.717) is 11.1 Å². The van der Waals surface area contributed by atoms with Crippen LogP contribution in [-0.4, -0.2) is 9.13 Å². The first-order chi connectivity index (χ1) is 23.7. The monoisotopic (exact) mass is 610 g/mol. The van der Waals surface area contributed by atoms with Gasteiger partial charge in [0.1, 0.15) is 0 Å². The van der Waals surface area contributed by atoms with Crippen LogP contribution in [0.5, 0.6) is 0 Å². The van der Waals surface area contributed by atoms with Gasteiger partial charge in [-0.2, -0.15) is 10.5 Å². The van der Waals surface area contributed by atoms with Crippen molar-refractivity contribution in [3.8, 4) is 45.8 Å². The molecule has 48 heavy (non-hydrogen) atoms. The first kappa shape index (κ1) is 27.4. The third kappa shape index (κ3) is 4.07. The minimum atomic E-state index is 0.617. The summed E-state index contributed by atoms with van der Waals surface area (Å²) >= 11 is 0. The molecule has 4 heteroatoms. The smallest absolute Gasteiger partial charge is 0.0998 e. The lowest BCUT2D eigenvalue weighted by Crippen LogP contribution is -2.00. The number of hydrogen-bond donors (Lipinski definition) is 0. The highest BCUT2D eigenvalue weighted by molar-refractivity contribution is 6.11. The Labute approximate surface area is 277 Å². The molecule has 0 amide bonds. The van der Waals surface area contributed by atoms with Crippen LogP contribution in [0.1, 0.15) is 11.1 Å². The summed E-state index contributed by atoms with van der Waals surface area (Å²) in [5.41, 5.74) is 11.6. The first-order valence-electron chi connectivity index (χ1n) is 15.9. The zero-order chi connectivity index (χ0) is 32.2. The molecule has 0 N–H and O–H groups in total. The lowest BCUT2D eigenvalue weighted by Gasteiger charge is -2.19. The predicted molar refractivity (Wildman–Crippen MR) is 195 cm³/mol. The molecular formula is C44H26N4. The third-order valence-electron chi connectivity index (χ3n) is 9.42. The van der Waals surface area contributed by atoms with Crippen LogP contribution in [0.3, 0.4) is 0 Å². The molecule has 0 saturated carbocycles.